The molecule has 0 radical (unpaired) electrons. The van der Waals surface area contributed by atoms with Crippen LogP contribution < -0.4 is 10.1 Å². The van der Waals surface area contributed by atoms with Crippen molar-refractivity contribution in [2.45, 2.75) is 79.3 Å². The van der Waals surface area contributed by atoms with Gasteiger partial charge in [-0.25, -0.2) is 0 Å². The van der Waals surface area contributed by atoms with Crippen LogP contribution >= 0.6 is 12.4 Å². The van der Waals surface area contributed by atoms with Crippen molar-refractivity contribution in [1.29, 1.82) is 0 Å². The molecular formula is C26H40ClNO2. The Bertz CT molecular complexity index is 828. The van der Waals surface area contributed by atoms with Gasteiger partial charge in [0, 0.05) is 23.2 Å². The first kappa shape index (κ1) is 26.3. The molecule has 0 unspecified atom stereocenters. The average Bonchev–Trinajstić information content (AvgIpc) is 2.58. The van der Waals surface area contributed by atoms with E-state index in [0.29, 0.717) is 12.3 Å². The molecule has 2 aromatic carbocycles. The number of ether oxygens (including phenoxy) is 1. The summed E-state index contributed by atoms with van der Waals surface area (Å²) in [6.45, 7) is 18.5. The van der Waals surface area contributed by atoms with Crippen LogP contribution in [0, 0.1) is 5.41 Å². The van der Waals surface area contributed by atoms with E-state index in [2.05, 4.69) is 72.8 Å². The molecule has 2 N–H and O–H groups in total. The van der Waals surface area contributed by atoms with E-state index >= 15 is 0 Å². The Morgan fingerprint density at radius 1 is 0.900 bits per heavy atom. The van der Waals surface area contributed by atoms with E-state index in [9.17, 15) is 5.11 Å². The molecule has 0 bridgehead atoms. The number of methoxy groups -OCH3 is 1. The molecular weight excluding hydrogens is 394 g/mol. The number of hydrogen-bond acceptors (Lipinski definition) is 3. The summed E-state index contributed by atoms with van der Waals surface area (Å²) in [6.07, 6.45) is 1.05. The van der Waals surface area contributed by atoms with Crippen LogP contribution in [-0.4, -0.2) is 17.8 Å². The summed E-state index contributed by atoms with van der Waals surface area (Å²) in [5.41, 5.74) is 4.21. The van der Waals surface area contributed by atoms with Gasteiger partial charge in [0.25, 0.3) is 0 Å². The van der Waals surface area contributed by atoms with Gasteiger partial charge in [-0.3, -0.25) is 0 Å². The monoisotopic (exact) mass is 433 g/mol. The molecule has 0 saturated carbocycles. The topological polar surface area (TPSA) is 41.5 Å². The minimum absolute atomic E-state index is 0. The minimum Gasteiger partial charge on any atom is -0.507 e. The SMILES string of the molecule is COc1ccc(-c2cc(C(C)(C)C)cc(CNC(C)(C)CC(C)(C)C)c2O)cc1.Cl. The van der Waals surface area contributed by atoms with Crippen LogP contribution in [0.2, 0.25) is 0 Å². The molecule has 0 fully saturated rings. The Labute approximate surface area is 189 Å². The molecule has 0 aliphatic carbocycles. The fourth-order valence-corrected chi connectivity index (χ4v) is 3.98. The lowest BCUT2D eigenvalue weighted by Crippen LogP contribution is -2.41. The van der Waals surface area contributed by atoms with Gasteiger partial charge in [0.2, 0.25) is 0 Å². The third-order valence-corrected chi connectivity index (χ3v) is 5.19. The van der Waals surface area contributed by atoms with Gasteiger partial charge < -0.3 is 15.2 Å². The second-order valence-electron chi connectivity index (χ2n) is 11.0. The van der Waals surface area contributed by atoms with Crippen molar-refractivity contribution in [1.82, 2.24) is 5.32 Å². The Kier molecular flexibility index (Phi) is 8.44. The van der Waals surface area contributed by atoms with E-state index in [1.165, 1.54) is 5.56 Å². The largest absolute Gasteiger partial charge is 0.507 e. The first-order chi connectivity index (χ1) is 13.2. The van der Waals surface area contributed by atoms with Crippen LogP contribution in [0.4, 0.5) is 0 Å². The maximum Gasteiger partial charge on any atom is 0.127 e. The second kappa shape index (κ2) is 9.62. The van der Waals surface area contributed by atoms with E-state index in [-0.39, 0.29) is 28.8 Å². The molecule has 0 aliphatic rings. The number of phenolic OH excluding ortho intramolecular Hbond substituents is 1. The van der Waals surface area contributed by atoms with E-state index in [1.54, 1.807) is 7.11 Å². The van der Waals surface area contributed by atoms with Gasteiger partial charge in [0.15, 0.2) is 0 Å². The van der Waals surface area contributed by atoms with Gasteiger partial charge in [-0.05, 0) is 60.4 Å². The van der Waals surface area contributed by atoms with Gasteiger partial charge >= 0.3 is 0 Å². The molecule has 0 saturated heterocycles. The number of rotatable bonds is 6. The summed E-state index contributed by atoms with van der Waals surface area (Å²) >= 11 is 0. The maximum atomic E-state index is 11.1. The van der Waals surface area contributed by atoms with E-state index < -0.39 is 0 Å². The first-order valence-electron chi connectivity index (χ1n) is 10.5. The minimum atomic E-state index is -0.0251. The quantitative estimate of drug-likeness (QED) is 0.510. The third-order valence-electron chi connectivity index (χ3n) is 5.19. The van der Waals surface area contributed by atoms with Gasteiger partial charge in [0.1, 0.15) is 11.5 Å². The van der Waals surface area contributed by atoms with Gasteiger partial charge in [0.05, 0.1) is 7.11 Å². The van der Waals surface area contributed by atoms with Crippen LogP contribution in [0.5, 0.6) is 11.5 Å². The maximum absolute atomic E-state index is 11.1. The van der Waals surface area contributed by atoms with Crippen molar-refractivity contribution in [2.24, 2.45) is 5.41 Å². The molecule has 2 rings (SSSR count). The van der Waals surface area contributed by atoms with Gasteiger partial charge in [-0.15, -0.1) is 12.4 Å². The molecule has 0 amide bonds. The highest BCUT2D eigenvalue weighted by atomic mass is 35.5. The average molecular weight is 434 g/mol. The van der Waals surface area contributed by atoms with Gasteiger partial charge in [-0.2, -0.15) is 0 Å². The Morgan fingerprint density at radius 3 is 1.93 bits per heavy atom. The number of benzene rings is 2. The highest BCUT2D eigenvalue weighted by molar-refractivity contribution is 5.85. The fourth-order valence-electron chi connectivity index (χ4n) is 3.98. The smallest absolute Gasteiger partial charge is 0.127 e. The Balaban J connectivity index is 0.00000450. The van der Waals surface area contributed by atoms with Crippen LogP contribution in [-0.2, 0) is 12.0 Å². The predicted octanol–water partition coefficient (Wildman–Crippen LogP) is 7.09. The standard InChI is InChI=1S/C26H39NO2.ClH/c1-24(2,3)17-26(7,8)27-16-19-14-20(25(4,5)6)15-22(23(19)28)18-10-12-21(29-9)13-11-18;/h10-15,27-28H,16-17H2,1-9H3;1H. The lowest BCUT2D eigenvalue weighted by atomic mass is 9.81. The molecule has 0 aromatic heterocycles. The number of phenols is 1. The Hall–Kier alpha value is -1.71. The van der Waals surface area contributed by atoms with Crippen molar-refractivity contribution in [3.8, 4) is 22.6 Å². The molecule has 0 spiro atoms. The lowest BCUT2D eigenvalue weighted by molar-refractivity contribution is 0.240. The summed E-state index contributed by atoms with van der Waals surface area (Å²) in [4.78, 5) is 0. The zero-order chi connectivity index (χ0) is 22.0. The fraction of sp³-hybridized carbons (Fsp3) is 0.538. The predicted molar refractivity (Wildman–Crippen MR) is 131 cm³/mol. The molecule has 3 nitrogen and oxygen atoms in total. The van der Waals surface area contributed by atoms with Crippen molar-refractivity contribution < 1.29 is 9.84 Å². The lowest BCUT2D eigenvalue weighted by Gasteiger charge is -2.34. The van der Waals surface area contributed by atoms with Crippen LogP contribution in [0.3, 0.4) is 0 Å². The molecule has 0 atom stereocenters. The van der Waals surface area contributed by atoms with Crippen molar-refractivity contribution in [3.05, 3.63) is 47.5 Å². The van der Waals surface area contributed by atoms with Crippen LogP contribution in [0.1, 0.15) is 72.9 Å². The number of halogens is 1. The zero-order valence-electron chi connectivity index (χ0n) is 20.1. The van der Waals surface area contributed by atoms with E-state index in [4.69, 9.17) is 4.74 Å². The van der Waals surface area contributed by atoms with E-state index in [1.807, 2.05) is 24.3 Å². The number of hydrogen-bond donors (Lipinski definition) is 2. The number of nitrogens with one attached hydrogen (secondary N) is 1. The summed E-state index contributed by atoms with van der Waals surface area (Å²) < 4.78 is 5.28. The van der Waals surface area contributed by atoms with Crippen molar-refractivity contribution in [3.63, 3.8) is 0 Å². The molecule has 30 heavy (non-hydrogen) atoms. The highest BCUT2D eigenvalue weighted by Gasteiger charge is 2.26. The normalized spacial score (nSPS) is 12.4. The summed E-state index contributed by atoms with van der Waals surface area (Å²) in [7, 11) is 1.66. The number of aromatic hydroxyl groups is 1. The first-order valence-corrected chi connectivity index (χ1v) is 10.5. The van der Waals surface area contributed by atoms with Crippen LogP contribution in [0.15, 0.2) is 36.4 Å². The van der Waals surface area contributed by atoms with E-state index in [0.717, 1.165) is 28.9 Å². The van der Waals surface area contributed by atoms with Crippen molar-refractivity contribution >= 4 is 12.4 Å². The highest BCUT2D eigenvalue weighted by Crippen LogP contribution is 2.38. The summed E-state index contributed by atoms with van der Waals surface area (Å²) in [6, 6.07) is 12.1. The molecule has 0 aliphatic heterocycles. The van der Waals surface area contributed by atoms with Gasteiger partial charge in [-0.1, -0.05) is 59.7 Å². The summed E-state index contributed by atoms with van der Waals surface area (Å²) in [5, 5.41) is 14.8. The second-order valence-corrected chi connectivity index (χ2v) is 11.0. The third kappa shape index (κ3) is 7.21. The molecule has 2 aromatic rings. The molecule has 168 valence electrons. The molecule has 4 heteroatoms. The summed E-state index contributed by atoms with van der Waals surface area (Å²) in [5.74, 6) is 1.16. The molecule has 0 heterocycles. The Morgan fingerprint density at radius 2 is 1.47 bits per heavy atom. The van der Waals surface area contributed by atoms with Crippen molar-refractivity contribution in [2.75, 3.05) is 7.11 Å². The zero-order valence-corrected chi connectivity index (χ0v) is 21.0. The van der Waals surface area contributed by atoms with Crippen LogP contribution in [0.25, 0.3) is 11.1 Å².